The van der Waals surface area contributed by atoms with Crippen molar-refractivity contribution in [2.45, 2.75) is 51.4 Å². The van der Waals surface area contributed by atoms with Crippen molar-refractivity contribution in [1.82, 2.24) is 0 Å². The van der Waals surface area contributed by atoms with Crippen LogP contribution in [0.1, 0.15) is 67.6 Å². The van der Waals surface area contributed by atoms with E-state index >= 15 is 0 Å². The molecule has 0 unspecified atom stereocenters. The Morgan fingerprint density at radius 3 is 2.25 bits per heavy atom. The van der Waals surface area contributed by atoms with E-state index in [4.69, 9.17) is 9.47 Å². The number of aromatic carboxylic acids is 1. The minimum absolute atomic E-state index is 0.0310. The first kappa shape index (κ1) is 24.3. The molecule has 0 aromatic heterocycles. The number of carboxylic acids is 1. The van der Waals surface area contributed by atoms with Crippen LogP contribution in [0.3, 0.4) is 0 Å². The van der Waals surface area contributed by atoms with Crippen molar-refractivity contribution in [2.75, 3.05) is 13.7 Å². The summed E-state index contributed by atoms with van der Waals surface area (Å²) >= 11 is 2.10. The number of fused-ring (bicyclic) bond motifs is 1. The maximum absolute atomic E-state index is 12.1. The lowest BCUT2D eigenvalue weighted by atomic mass is 9.63. The zero-order valence-electron chi connectivity index (χ0n) is 19.1. The van der Waals surface area contributed by atoms with Gasteiger partial charge in [-0.3, -0.25) is 0 Å². The van der Waals surface area contributed by atoms with Gasteiger partial charge in [-0.05, 0) is 81.2 Å². The summed E-state index contributed by atoms with van der Waals surface area (Å²) < 4.78 is 11.6. The molecule has 2 aromatic rings. The number of ether oxygens (including phenoxy) is 2. The third kappa shape index (κ3) is 5.17. The number of halogens is 1. The highest BCUT2D eigenvalue weighted by molar-refractivity contribution is 14.1. The number of hydrogen-bond donors (Lipinski definition) is 1. The van der Waals surface area contributed by atoms with Crippen LogP contribution in [0, 0.1) is 3.57 Å². The van der Waals surface area contributed by atoms with E-state index in [0.717, 1.165) is 22.0 Å². The zero-order chi connectivity index (χ0) is 23.7. The van der Waals surface area contributed by atoms with Gasteiger partial charge in [-0.25, -0.2) is 9.59 Å². The average molecular weight is 548 g/mol. The summed E-state index contributed by atoms with van der Waals surface area (Å²) in [6, 6.07) is 11.1. The van der Waals surface area contributed by atoms with Crippen LogP contribution in [0.2, 0.25) is 0 Å². The van der Waals surface area contributed by atoms with Gasteiger partial charge in [0.05, 0.1) is 16.2 Å². The SMILES string of the molecule is COC(=O)/C=C(\COc1cc(C(=O)O)ccc1I)c1ccc2c(c1)C(C)(C)CCC2(C)C. The van der Waals surface area contributed by atoms with E-state index in [1.54, 1.807) is 6.07 Å². The second kappa shape index (κ2) is 9.25. The van der Waals surface area contributed by atoms with Crippen molar-refractivity contribution in [2.24, 2.45) is 0 Å². The highest BCUT2D eigenvalue weighted by atomic mass is 127. The summed E-state index contributed by atoms with van der Waals surface area (Å²) in [7, 11) is 1.34. The van der Waals surface area contributed by atoms with Crippen LogP contribution in [0.15, 0.2) is 42.5 Å². The molecule has 0 radical (unpaired) electrons. The highest BCUT2D eigenvalue weighted by Gasteiger charge is 2.37. The van der Waals surface area contributed by atoms with Crippen LogP contribution in [0.25, 0.3) is 5.57 Å². The molecule has 0 fully saturated rings. The monoisotopic (exact) mass is 548 g/mol. The van der Waals surface area contributed by atoms with Gasteiger partial charge in [0.1, 0.15) is 12.4 Å². The molecule has 2 aromatic carbocycles. The first-order valence-electron chi connectivity index (χ1n) is 10.5. The fourth-order valence-electron chi connectivity index (χ4n) is 4.10. The van der Waals surface area contributed by atoms with Crippen LogP contribution in [-0.2, 0) is 20.4 Å². The number of hydrogen-bond acceptors (Lipinski definition) is 4. The number of rotatable bonds is 6. The van der Waals surface area contributed by atoms with E-state index in [1.807, 2.05) is 6.07 Å². The topological polar surface area (TPSA) is 72.8 Å². The molecule has 1 N–H and O–H groups in total. The van der Waals surface area contributed by atoms with Gasteiger partial charge in [0.2, 0.25) is 0 Å². The molecule has 5 nitrogen and oxygen atoms in total. The molecule has 0 amide bonds. The van der Waals surface area contributed by atoms with Crippen LogP contribution in [0.4, 0.5) is 0 Å². The Balaban J connectivity index is 2.00. The normalized spacial score (nSPS) is 16.8. The van der Waals surface area contributed by atoms with Gasteiger partial charge in [0.15, 0.2) is 0 Å². The van der Waals surface area contributed by atoms with E-state index in [1.165, 1.54) is 36.4 Å². The number of benzene rings is 2. The van der Waals surface area contributed by atoms with Gasteiger partial charge in [0.25, 0.3) is 0 Å². The number of esters is 1. The quantitative estimate of drug-likeness (QED) is 0.274. The molecule has 1 aliphatic carbocycles. The molecule has 0 atom stereocenters. The Kier molecular flexibility index (Phi) is 7.03. The standard InChI is InChI=1S/C26H29IO5/c1-25(2)10-11-26(3,4)20-12-16(6-8-19(20)25)18(14-23(28)31-5)15-32-22-13-17(24(29)30)7-9-21(22)27/h6-9,12-14H,10-11,15H2,1-5H3,(H,29,30)/b18-14+. The first-order chi connectivity index (χ1) is 14.9. The number of methoxy groups -OCH3 is 1. The highest BCUT2D eigenvalue weighted by Crippen LogP contribution is 2.46. The summed E-state index contributed by atoms with van der Waals surface area (Å²) in [4.78, 5) is 23.4. The molecule has 3 rings (SSSR count). The molecular formula is C26H29IO5. The van der Waals surface area contributed by atoms with Crippen molar-refractivity contribution in [3.63, 3.8) is 0 Å². The minimum Gasteiger partial charge on any atom is -0.488 e. The number of carbonyl (C=O) groups excluding carboxylic acids is 1. The predicted octanol–water partition coefficient (Wildman–Crippen LogP) is 5.97. The molecular weight excluding hydrogens is 519 g/mol. The minimum atomic E-state index is -1.02. The lowest BCUT2D eigenvalue weighted by Gasteiger charge is -2.42. The Labute approximate surface area is 203 Å². The maximum Gasteiger partial charge on any atom is 0.335 e. The summed E-state index contributed by atoms with van der Waals surface area (Å²) in [5, 5.41) is 9.28. The van der Waals surface area contributed by atoms with Crippen LogP contribution in [-0.4, -0.2) is 30.8 Å². The zero-order valence-corrected chi connectivity index (χ0v) is 21.3. The van der Waals surface area contributed by atoms with Crippen molar-refractivity contribution >= 4 is 40.1 Å². The molecule has 0 spiro atoms. The molecule has 1 aliphatic rings. The van der Waals surface area contributed by atoms with Crippen molar-refractivity contribution in [3.05, 3.63) is 68.3 Å². The molecule has 170 valence electrons. The first-order valence-corrected chi connectivity index (χ1v) is 11.6. The Hall–Kier alpha value is -2.35. The van der Waals surface area contributed by atoms with Crippen LogP contribution in [0.5, 0.6) is 5.75 Å². The van der Waals surface area contributed by atoms with E-state index in [0.29, 0.717) is 11.3 Å². The molecule has 0 saturated carbocycles. The van der Waals surface area contributed by atoms with Crippen molar-refractivity contribution < 1.29 is 24.2 Å². The molecule has 0 heterocycles. The van der Waals surface area contributed by atoms with Gasteiger partial charge in [-0.2, -0.15) is 0 Å². The van der Waals surface area contributed by atoms with Crippen LogP contribution >= 0.6 is 22.6 Å². The molecule has 0 aliphatic heterocycles. The summed E-state index contributed by atoms with van der Waals surface area (Å²) in [6.07, 6.45) is 3.65. The Morgan fingerprint density at radius 1 is 1.00 bits per heavy atom. The lowest BCUT2D eigenvalue weighted by Crippen LogP contribution is -2.33. The summed E-state index contributed by atoms with van der Waals surface area (Å²) in [5.74, 6) is -1.02. The van der Waals surface area contributed by atoms with E-state index in [9.17, 15) is 14.7 Å². The van der Waals surface area contributed by atoms with Crippen LogP contribution < -0.4 is 4.74 Å². The second-order valence-electron chi connectivity index (χ2n) is 9.46. The van der Waals surface area contributed by atoms with Gasteiger partial charge in [0, 0.05) is 11.6 Å². The van der Waals surface area contributed by atoms with E-state index < -0.39 is 11.9 Å². The predicted molar refractivity (Wildman–Crippen MR) is 133 cm³/mol. The van der Waals surface area contributed by atoms with E-state index in [-0.39, 0.29) is 23.0 Å². The van der Waals surface area contributed by atoms with Gasteiger partial charge in [-0.15, -0.1) is 0 Å². The third-order valence-corrected chi connectivity index (χ3v) is 7.17. The molecule has 32 heavy (non-hydrogen) atoms. The largest absolute Gasteiger partial charge is 0.488 e. The fourth-order valence-corrected chi connectivity index (χ4v) is 4.59. The number of carboxylic acid groups (broad SMARTS) is 1. The number of carbonyl (C=O) groups is 2. The van der Waals surface area contributed by atoms with Gasteiger partial charge >= 0.3 is 11.9 Å². The van der Waals surface area contributed by atoms with E-state index in [2.05, 4.69) is 62.4 Å². The summed E-state index contributed by atoms with van der Waals surface area (Å²) in [6.45, 7) is 9.16. The molecule has 0 saturated heterocycles. The van der Waals surface area contributed by atoms with Crippen molar-refractivity contribution in [1.29, 1.82) is 0 Å². The Bertz CT molecular complexity index is 1080. The maximum atomic E-state index is 12.1. The fraction of sp³-hybridized carbons (Fsp3) is 0.385. The smallest absolute Gasteiger partial charge is 0.335 e. The molecule has 6 heteroatoms. The summed E-state index contributed by atoms with van der Waals surface area (Å²) in [5.41, 5.74) is 4.46. The average Bonchev–Trinajstić information content (AvgIpc) is 2.74. The van der Waals surface area contributed by atoms with Crippen molar-refractivity contribution in [3.8, 4) is 5.75 Å². The lowest BCUT2D eigenvalue weighted by molar-refractivity contribution is -0.134. The Morgan fingerprint density at radius 2 is 1.62 bits per heavy atom. The molecule has 0 bridgehead atoms. The third-order valence-electron chi connectivity index (χ3n) is 6.28. The van der Waals surface area contributed by atoms with Gasteiger partial charge in [-0.1, -0.05) is 45.9 Å². The van der Waals surface area contributed by atoms with Gasteiger partial charge < -0.3 is 14.6 Å². The second-order valence-corrected chi connectivity index (χ2v) is 10.6.